The quantitative estimate of drug-likeness (QED) is 0.819. The molecular formula is C15H18Br2N2O. The topological polar surface area (TPSA) is 46.3 Å². The summed E-state index contributed by atoms with van der Waals surface area (Å²) >= 11 is 7.04. The zero-order chi connectivity index (χ0) is 14.3. The van der Waals surface area contributed by atoms with E-state index < -0.39 is 0 Å². The molecule has 3 rings (SSSR count). The van der Waals surface area contributed by atoms with Crippen molar-refractivity contribution in [1.82, 2.24) is 4.90 Å². The van der Waals surface area contributed by atoms with Gasteiger partial charge < -0.3 is 10.6 Å². The normalized spacial score (nSPS) is 27.6. The molecule has 1 aromatic carbocycles. The molecule has 2 aliphatic rings. The lowest BCUT2D eigenvalue weighted by Crippen LogP contribution is -2.43. The van der Waals surface area contributed by atoms with Gasteiger partial charge in [-0.25, -0.2) is 0 Å². The Hall–Kier alpha value is -0.390. The van der Waals surface area contributed by atoms with Gasteiger partial charge in [-0.05, 0) is 75.2 Å². The largest absolute Gasteiger partial charge is 0.331 e. The Kier molecular flexibility index (Phi) is 4.20. The lowest BCUT2D eigenvalue weighted by molar-refractivity contribution is -0.133. The van der Waals surface area contributed by atoms with Crippen LogP contribution in [0.25, 0.3) is 0 Å². The number of carbonyl (C=O) groups excluding carboxylic acids is 1. The van der Waals surface area contributed by atoms with E-state index >= 15 is 0 Å². The summed E-state index contributed by atoms with van der Waals surface area (Å²) < 4.78 is 2.03. The fraction of sp³-hybridized carbons (Fsp3) is 0.533. The Bertz CT molecular complexity index is 531. The van der Waals surface area contributed by atoms with Crippen molar-refractivity contribution in [3.8, 4) is 0 Å². The van der Waals surface area contributed by atoms with E-state index in [2.05, 4.69) is 48.9 Å². The molecule has 1 aliphatic heterocycles. The van der Waals surface area contributed by atoms with Crippen molar-refractivity contribution in [2.75, 3.05) is 0 Å². The molecule has 0 aromatic heterocycles. The first-order valence-corrected chi connectivity index (χ1v) is 8.68. The summed E-state index contributed by atoms with van der Waals surface area (Å²) in [6, 6.07) is 6.62. The minimum absolute atomic E-state index is 0.0156. The van der Waals surface area contributed by atoms with E-state index in [4.69, 9.17) is 5.73 Å². The van der Waals surface area contributed by atoms with Crippen molar-refractivity contribution in [1.29, 1.82) is 0 Å². The summed E-state index contributed by atoms with van der Waals surface area (Å²) in [5.41, 5.74) is 7.53. The lowest BCUT2D eigenvalue weighted by Gasteiger charge is -2.34. The fourth-order valence-electron chi connectivity index (χ4n) is 3.02. The highest BCUT2D eigenvalue weighted by Crippen LogP contribution is 2.40. The SMILES string of the molecule is NC1CCCC(=O)N(C2CC2)C1c1ccc(Br)c(Br)c1. The number of amides is 1. The summed E-state index contributed by atoms with van der Waals surface area (Å²) in [4.78, 5) is 14.5. The molecule has 2 N–H and O–H groups in total. The van der Waals surface area contributed by atoms with E-state index in [1.165, 1.54) is 0 Å². The Morgan fingerprint density at radius 2 is 1.90 bits per heavy atom. The van der Waals surface area contributed by atoms with Crippen molar-refractivity contribution in [3.63, 3.8) is 0 Å². The number of nitrogens with zero attached hydrogens (tertiary/aromatic N) is 1. The molecule has 0 radical (unpaired) electrons. The zero-order valence-electron chi connectivity index (χ0n) is 11.2. The Morgan fingerprint density at radius 1 is 1.15 bits per heavy atom. The van der Waals surface area contributed by atoms with Crippen LogP contribution in [-0.4, -0.2) is 22.9 Å². The second-order valence-electron chi connectivity index (χ2n) is 5.71. The fourth-order valence-corrected chi connectivity index (χ4v) is 3.67. The summed E-state index contributed by atoms with van der Waals surface area (Å²) in [5.74, 6) is 0.268. The van der Waals surface area contributed by atoms with Gasteiger partial charge in [0.15, 0.2) is 0 Å². The predicted molar refractivity (Wildman–Crippen MR) is 86.3 cm³/mol. The number of likely N-dealkylation sites (tertiary alicyclic amines) is 1. The number of hydrogen-bond donors (Lipinski definition) is 1. The van der Waals surface area contributed by atoms with Crippen LogP contribution in [0.5, 0.6) is 0 Å². The molecule has 2 unspecified atom stereocenters. The Morgan fingerprint density at radius 3 is 2.55 bits per heavy atom. The summed E-state index contributed by atoms with van der Waals surface area (Å²) in [7, 11) is 0. The molecular weight excluding hydrogens is 384 g/mol. The van der Waals surface area contributed by atoms with E-state index in [9.17, 15) is 4.79 Å². The van der Waals surface area contributed by atoms with Gasteiger partial charge in [0.1, 0.15) is 0 Å². The van der Waals surface area contributed by atoms with Gasteiger partial charge >= 0.3 is 0 Å². The van der Waals surface area contributed by atoms with Crippen LogP contribution >= 0.6 is 31.9 Å². The molecule has 108 valence electrons. The van der Waals surface area contributed by atoms with Crippen molar-refractivity contribution in [2.24, 2.45) is 5.73 Å². The molecule has 1 saturated heterocycles. The van der Waals surface area contributed by atoms with Crippen LogP contribution in [0.1, 0.15) is 43.7 Å². The van der Waals surface area contributed by atoms with Crippen LogP contribution in [0, 0.1) is 0 Å². The average Bonchev–Trinajstić information content (AvgIpc) is 3.22. The molecule has 1 aliphatic carbocycles. The minimum atomic E-state index is 0.0156. The van der Waals surface area contributed by atoms with Crippen molar-refractivity contribution >= 4 is 37.8 Å². The molecule has 5 heteroatoms. The number of hydrogen-bond acceptors (Lipinski definition) is 2. The first-order chi connectivity index (χ1) is 9.58. The zero-order valence-corrected chi connectivity index (χ0v) is 14.4. The molecule has 0 spiro atoms. The molecule has 1 saturated carbocycles. The molecule has 2 fully saturated rings. The van der Waals surface area contributed by atoms with Crippen LogP contribution in [0.3, 0.4) is 0 Å². The molecule has 3 nitrogen and oxygen atoms in total. The van der Waals surface area contributed by atoms with Crippen LogP contribution in [0.15, 0.2) is 27.1 Å². The number of benzene rings is 1. The van der Waals surface area contributed by atoms with E-state index in [1.807, 2.05) is 6.07 Å². The number of rotatable bonds is 2. The molecule has 1 amide bonds. The van der Waals surface area contributed by atoms with Crippen molar-refractivity contribution < 1.29 is 4.79 Å². The molecule has 20 heavy (non-hydrogen) atoms. The van der Waals surface area contributed by atoms with E-state index in [0.29, 0.717) is 12.5 Å². The van der Waals surface area contributed by atoms with E-state index in [-0.39, 0.29) is 18.0 Å². The maximum Gasteiger partial charge on any atom is 0.223 e. The van der Waals surface area contributed by atoms with Gasteiger partial charge in [0, 0.05) is 27.4 Å². The standard InChI is InChI=1S/C15H18Br2N2O/c16-11-7-4-9(8-12(11)17)15-13(18)2-1-3-14(20)19(15)10-5-6-10/h4,7-8,10,13,15H,1-3,5-6,18H2. The van der Waals surface area contributed by atoms with Gasteiger partial charge in [0.25, 0.3) is 0 Å². The van der Waals surface area contributed by atoms with Crippen molar-refractivity contribution in [3.05, 3.63) is 32.7 Å². The maximum absolute atomic E-state index is 12.4. The highest BCUT2D eigenvalue weighted by molar-refractivity contribution is 9.13. The van der Waals surface area contributed by atoms with Crippen LogP contribution in [0.4, 0.5) is 0 Å². The van der Waals surface area contributed by atoms with Crippen LogP contribution < -0.4 is 5.73 Å². The van der Waals surface area contributed by atoms with Crippen molar-refractivity contribution in [2.45, 2.75) is 50.2 Å². The highest BCUT2D eigenvalue weighted by atomic mass is 79.9. The second-order valence-corrected chi connectivity index (χ2v) is 7.42. The smallest absolute Gasteiger partial charge is 0.223 e. The third-order valence-electron chi connectivity index (χ3n) is 4.15. The van der Waals surface area contributed by atoms with Crippen LogP contribution in [-0.2, 0) is 4.79 Å². The van der Waals surface area contributed by atoms with Crippen LogP contribution in [0.2, 0.25) is 0 Å². The summed E-state index contributed by atoms with van der Waals surface area (Å²) in [6.07, 6.45) is 4.68. The Balaban J connectivity index is 2.00. The number of carbonyl (C=O) groups is 1. The summed E-state index contributed by atoms with van der Waals surface area (Å²) in [6.45, 7) is 0. The van der Waals surface area contributed by atoms with Gasteiger partial charge in [-0.1, -0.05) is 6.07 Å². The minimum Gasteiger partial charge on any atom is -0.331 e. The van der Waals surface area contributed by atoms with Gasteiger partial charge in [0.05, 0.1) is 6.04 Å². The predicted octanol–water partition coefficient (Wildman–Crippen LogP) is 3.75. The first kappa shape index (κ1) is 14.5. The molecule has 1 heterocycles. The van der Waals surface area contributed by atoms with Gasteiger partial charge in [-0.2, -0.15) is 0 Å². The number of halogens is 2. The number of nitrogens with two attached hydrogens (primary N) is 1. The van der Waals surface area contributed by atoms with Gasteiger partial charge in [0.2, 0.25) is 5.91 Å². The second kappa shape index (κ2) is 5.78. The van der Waals surface area contributed by atoms with Gasteiger partial charge in [-0.15, -0.1) is 0 Å². The first-order valence-electron chi connectivity index (χ1n) is 7.09. The summed E-state index contributed by atoms with van der Waals surface area (Å²) in [5, 5.41) is 0. The average molecular weight is 402 g/mol. The maximum atomic E-state index is 12.4. The molecule has 0 bridgehead atoms. The van der Waals surface area contributed by atoms with E-state index in [0.717, 1.165) is 40.2 Å². The third-order valence-corrected chi connectivity index (χ3v) is 6.03. The lowest BCUT2D eigenvalue weighted by atomic mass is 9.96. The van der Waals surface area contributed by atoms with Gasteiger partial charge in [-0.3, -0.25) is 4.79 Å². The monoisotopic (exact) mass is 400 g/mol. The Labute approximate surface area is 136 Å². The third kappa shape index (κ3) is 2.81. The highest BCUT2D eigenvalue weighted by Gasteiger charge is 2.41. The van der Waals surface area contributed by atoms with E-state index in [1.54, 1.807) is 0 Å². The molecule has 1 aromatic rings. The molecule has 2 atom stereocenters.